The summed E-state index contributed by atoms with van der Waals surface area (Å²) in [7, 11) is 0. The van der Waals surface area contributed by atoms with Crippen molar-refractivity contribution < 1.29 is 0 Å². The summed E-state index contributed by atoms with van der Waals surface area (Å²) in [4.78, 5) is 4.21. The van der Waals surface area contributed by atoms with Crippen molar-refractivity contribution in [1.82, 2.24) is 9.55 Å². The zero-order chi connectivity index (χ0) is 12.1. The lowest BCUT2D eigenvalue weighted by molar-refractivity contribution is 0.724. The molecule has 90 valence electrons. The number of benzene rings is 1. The van der Waals surface area contributed by atoms with E-state index in [0.29, 0.717) is 5.88 Å². The molecule has 4 heteroatoms. The first-order valence-electron chi connectivity index (χ1n) is 5.59. The van der Waals surface area contributed by atoms with Crippen molar-refractivity contribution in [3.8, 4) is 0 Å². The van der Waals surface area contributed by atoms with Crippen LogP contribution >= 0.6 is 34.2 Å². The Kier molecular flexibility index (Phi) is 4.86. The molecule has 1 aromatic carbocycles. The highest BCUT2D eigenvalue weighted by atomic mass is 127. The van der Waals surface area contributed by atoms with Crippen LogP contribution in [0, 0.1) is 3.57 Å². The maximum absolute atomic E-state index is 5.72. The lowest BCUT2D eigenvalue weighted by atomic mass is 10.2. The van der Waals surface area contributed by atoms with Gasteiger partial charge in [-0.05, 0) is 53.1 Å². The molecule has 1 aromatic heterocycles. The molecule has 0 fully saturated rings. The molecule has 0 saturated heterocycles. The number of imidazole rings is 1. The number of alkyl halides is 1. The SMILES string of the molecule is ClCCCc1cncn1Cc1ccc(I)cc1. The monoisotopic (exact) mass is 360 g/mol. The van der Waals surface area contributed by atoms with E-state index in [1.807, 2.05) is 12.5 Å². The summed E-state index contributed by atoms with van der Waals surface area (Å²) in [5.41, 5.74) is 2.56. The molecule has 0 atom stereocenters. The van der Waals surface area contributed by atoms with Gasteiger partial charge in [-0.1, -0.05) is 12.1 Å². The van der Waals surface area contributed by atoms with Gasteiger partial charge in [0.2, 0.25) is 0 Å². The minimum absolute atomic E-state index is 0.703. The summed E-state index contributed by atoms with van der Waals surface area (Å²) >= 11 is 8.04. The maximum Gasteiger partial charge on any atom is 0.0951 e. The molecule has 0 aliphatic heterocycles. The van der Waals surface area contributed by atoms with Gasteiger partial charge in [0.15, 0.2) is 0 Å². The number of aryl methyl sites for hydroxylation is 1. The average molecular weight is 361 g/mol. The normalized spacial score (nSPS) is 10.7. The van der Waals surface area contributed by atoms with E-state index in [1.54, 1.807) is 0 Å². The van der Waals surface area contributed by atoms with Crippen molar-refractivity contribution in [2.24, 2.45) is 0 Å². The van der Waals surface area contributed by atoms with E-state index in [9.17, 15) is 0 Å². The zero-order valence-corrected chi connectivity index (χ0v) is 12.4. The third kappa shape index (κ3) is 3.71. The third-order valence-electron chi connectivity index (χ3n) is 2.63. The predicted molar refractivity (Wildman–Crippen MR) is 79.5 cm³/mol. The van der Waals surface area contributed by atoms with Gasteiger partial charge in [-0.25, -0.2) is 4.98 Å². The van der Waals surface area contributed by atoms with Gasteiger partial charge in [0.25, 0.3) is 0 Å². The van der Waals surface area contributed by atoms with Crippen LogP contribution in [-0.4, -0.2) is 15.4 Å². The Labute approximate surface area is 120 Å². The van der Waals surface area contributed by atoms with Crippen molar-refractivity contribution >= 4 is 34.2 Å². The van der Waals surface area contributed by atoms with Crippen molar-refractivity contribution in [2.45, 2.75) is 19.4 Å². The lowest BCUT2D eigenvalue weighted by Crippen LogP contribution is -2.03. The Morgan fingerprint density at radius 1 is 1.24 bits per heavy atom. The average Bonchev–Trinajstić information content (AvgIpc) is 2.77. The summed E-state index contributed by atoms with van der Waals surface area (Å²) in [5.74, 6) is 0.703. The van der Waals surface area contributed by atoms with Crippen LogP contribution in [-0.2, 0) is 13.0 Å². The highest BCUT2D eigenvalue weighted by Crippen LogP contribution is 2.11. The molecule has 0 aliphatic rings. The number of halogens is 2. The fourth-order valence-electron chi connectivity index (χ4n) is 1.73. The standard InChI is InChI=1S/C13H14ClIN2/c14-7-1-2-13-8-16-10-17(13)9-11-3-5-12(15)6-4-11/h3-6,8,10H,1-2,7,9H2. The fraction of sp³-hybridized carbons (Fsp3) is 0.308. The molecule has 0 unspecified atom stereocenters. The van der Waals surface area contributed by atoms with Gasteiger partial charge in [0, 0.05) is 27.9 Å². The first kappa shape index (κ1) is 12.9. The summed E-state index contributed by atoms with van der Waals surface area (Å²) in [5, 5.41) is 0. The first-order chi connectivity index (χ1) is 8.29. The lowest BCUT2D eigenvalue weighted by Gasteiger charge is -2.07. The van der Waals surface area contributed by atoms with Gasteiger partial charge in [-0.3, -0.25) is 0 Å². The van der Waals surface area contributed by atoms with E-state index < -0.39 is 0 Å². The Bertz CT molecular complexity index is 465. The number of rotatable bonds is 5. The van der Waals surface area contributed by atoms with Gasteiger partial charge in [-0.15, -0.1) is 11.6 Å². The van der Waals surface area contributed by atoms with Crippen molar-refractivity contribution in [2.75, 3.05) is 5.88 Å². The van der Waals surface area contributed by atoms with Crippen LogP contribution < -0.4 is 0 Å². The predicted octanol–water partition coefficient (Wildman–Crippen LogP) is 3.71. The van der Waals surface area contributed by atoms with Crippen molar-refractivity contribution in [3.05, 3.63) is 51.6 Å². The second kappa shape index (κ2) is 6.40. The highest BCUT2D eigenvalue weighted by molar-refractivity contribution is 14.1. The van der Waals surface area contributed by atoms with E-state index in [1.165, 1.54) is 14.8 Å². The van der Waals surface area contributed by atoms with Gasteiger partial charge in [0.05, 0.1) is 6.33 Å². The molecule has 0 amide bonds. The van der Waals surface area contributed by atoms with E-state index in [2.05, 4.69) is 56.4 Å². The summed E-state index contributed by atoms with van der Waals surface area (Å²) in [6, 6.07) is 8.58. The molecule has 0 bridgehead atoms. The largest absolute Gasteiger partial charge is 0.330 e. The second-order valence-electron chi connectivity index (χ2n) is 3.93. The Morgan fingerprint density at radius 2 is 2.00 bits per heavy atom. The maximum atomic E-state index is 5.72. The van der Waals surface area contributed by atoms with Gasteiger partial charge < -0.3 is 4.57 Å². The fourth-order valence-corrected chi connectivity index (χ4v) is 2.23. The minimum atomic E-state index is 0.703. The Hall–Kier alpha value is -0.550. The molecule has 2 nitrogen and oxygen atoms in total. The highest BCUT2D eigenvalue weighted by Gasteiger charge is 2.02. The van der Waals surface area contributed by atoms with Crippen LogP contribution in [0.5, 0.6) is 0 Å². The van der Waals surface area contributed by atoms with Crippen LogP contribution in [0.3, 0.4) is 0 Å². The molecule has 0 radical (unpaired) electrons. The van der Waals surface area contributed by atoms with Crippen LogP contribution in [0.4, 0.5) is 0 Å². The van der Waals surface area contributed by atoms with Crippen molar-refractivity contribution in [3.63, 3.8) is 0 Å². The molecule has 0 spiro atoms. The number of nitrogens with zero attached hydrogens (tertiary/aromatic N) is 2. The zero-order valence-electron chi connectivity index (χ0n) is 9.44. The van der Waals surface area contributed by atoms with Gasteiger partial charge >= 0.3 is 0 Å². The molecule has 0 saturated carbocycles. The topological polar surface area (TPSA) is 17.8 Å². The summed E-state index contributed by atoms with van der Waals surface area (Å²) in [6.45, 7) is 0.883. The molecular formula is C13H14ClIN2. The number of hydrogen-bond acceptors (Lipinski definition) is 1. The molecule has 0 aliphatic carbocycles. The van der Waals surface area contributed by atoms with E-state index in [4.69, 9.17) is 11.6 Å². The van der Waals surface area contributed by atoms with Crippen LogP contribution in [0.1, 0.15) is 17.7 Å². The van der Waals surface area contributed by atoms with Crippen LogP contribution in [0.2, 0.25) is 0 Å². The second-order valence-corrected chi connectivity index (χ2v) is 5.56. The Balaban J connectivity index is 2.07. The van der Waals surface area contributed by atoms with E-state index in [0.717, 1.165) is 19.4 Å². The Morgan fingerprint density at radius 3 is 2.71 bits per heavy atom. The van der Waals surface area contributed by atoms with Crippen molar-refractivity contribution in [1.29, 1.82) is 0 Å². The quantitative estimate of drug-likeness (QED) is 0.587. The minimum Gasteiger partial charge on any atom is -0.330 e. The number of aromatic nitrogens is 2. The van der Waals surface area contributed by atoms with E-state index in [-0.39, 0.29) is 0 Å². The molecule has 0 N–H and O–H groups in total. The number of hydrogen-bond donors (Lipinski definition) is 0. The smallest absolute Gasteiger partial charge is 0.0951 e. The summed E-state index contributed by atoms with van der Waals surface area (Å²) in [6.07, 6.45) is 5.81. The van der Waals surface area contributed by atoms with Gasteiger partial charge in [-0.2, -0.15) is 0 Å². The molecular weight excluding hydrogens is 347 g/mol. The molecule has 2 aromatic rings. The molecule has 2 rings (SSSR count). The first-order valence-corrected chi connectivity index (χ1v) is 7.20. The van der Waals surface area contributed by atoms with Crippen LogP contribution in [0.25, 0.3) is 0 Å². The third-order valence-corrected chi connectivity index (χ3v) is 3.62. The van der Waals surface area contributed by atoms with Gasteiger partial charge in [0.1, 0.15) is 0 Å². The molecule has 1 heterocycles. The molecule has 17 heavy (non-hydrogen) atoms. The van der Waals surface area contributed by atoms with Crippen LogP contribution in [0.15, 0.2) is 36.8 Å². The van der Waals surface area contributed by atoms with E-state index >= 15 is 0 Å². The summed E-state index contributed by atoms with van der Waals surface area (Å²) < 4.78 is 3.45.